The number of fused-ring (bicyclic) bond motifs is 1. The maximum atomic E-state index is 3.47. The molecule has 2 aromatic carbocycles. The van der Waals surface area contributed by atoms with E-state index in [1.807, 2.05) is 0 Å². The van der Waals surface area contributed by atoms with Gasteiger partial charge in [0.25, 0.3) is 0 Å². The maximum Gasteiger partial charge on any atom is 0.0424 e. The molecule has 92 valence electrons. The van der Waals surface area contributed by atoms with Crippen LogP contribution in [0.1, 0.15) is 11.1 Å². The molecule has 1 aliphatic heterocycles. The van der Waals surface area contributed by atoms with Crippen LogP contribution in [0, 0.1) is 0 Å². The summed E-state index contributed by atoms with van der Waals surface area (Å²) in [5, 5.41) is 6.92. The van der Waals surface area contributed by atoms with Crippen LogP contribution < -0.4 is 10.6 Å². The van der Waals surface area contributed by atoms with Gasteiger partial charge in [0.1, 0.15) is 0 Å². The van der Waals surface area contributed by atoms with Gasteiger partial charge in [0.2, 0.25) is 0 Å². The summed E-state index contributed by atoms with van der Waals surface area (Å²) in [6.07, 6.45) is 1.14. The van der Waals surface area contributed by atoms with Gasteiger partial charge >= 0.3 is 0 Å². The number of para-hydroxylation sites is 1. The Labute approximate surface area is 116 Å². The summed E-state index contributed by atoms with van der Waals surface area (Å²) in [5.74, 6) is 0. The van der Waals surface area contributed by atoms with Crippen LogP contribution in [0.4, 0.5) is 11.4 Å². The Balaban J connectivity index is 1.74. The molecule has 0 amide bonds. The molecule has 2 nitrogen and oxygen atoms in total. The Kier molecular flexibility index (Phi) is 3.24. The predicted molar refractivity (Wildman–Crippen MR) is 80.1 cm³/mol. The molecule has 0 unspecified atom stereocenters. The third-order valence-electron chi connectivity index (χ3n) is 3.26. The molecular formula is C15H15BrN2. The Bertz CT molecular complexity index is 549. The Hall–Kier alpha value is -1.48. The van der Waals surface area contributed by atoms with E-state index in [4.69, 9.17) is 0 Å². The summed E-state index contributed by atoms with van der Waals surface area (Å²) in [6, 6.07) is 14.8. The number of hydrogen-bond donors (Lipinski definition) is 2. The summed E-state index contributed by atoms with van der Waals surface area (Å²) in [4.78, 5) is 0. The van der Waals surface area contributed by atoms with E-state index in [-0.39, 0.29) is 0 Å². The van der Waals surface area contributed by atoms with Gasteiger partial charge in [-0.1, -0.05) is 34.1 Å². The van der Waals surface area contributed by atoms with Crippen LogP contribution in [0.15, 0.2) is 46.9 Å². The average Bonchev–Trinajstić information content (AvgIpc) is 2.87. The predicted octanol–water partition coefficient (Wildman–Crippen LogP) is 4.03. The molecule has 3 heteroatoms. The van der Waals surface area contributed by atoms with Gasteiger partial charge in [-0.2, -0.15) is 0 Å². The maximum absolute atomic E-state index is 3.47. The summed E-state index contributed by atoms with van der Waals surface area (Å²) < 4.78 is 1.11. The normalized spacial score (nSPS) is 12.9. The van der Waals surface area contributed by atoms with E-state index in [1.165, 1.54) is 16.8 Å². The standard InChI is InChI=1S/C15H15BrN2/c16-13-4-6-14(7-5-13)18-10-12-3-1-2-11-8-9-17-15(11)12/h1-7,17-18H,8-10H2. The van der Waals surface area contributed by atoms with Crippen LogP contribution in [0.25, 0.3) is 0 Å². The molecule has 0 spiro atoms. The van der Waals surface area contributed by atoms with Gasteiger partial charge in [0.15, 0.2) is 0 Å². The second kappa shape index (κ2) is 5.02. The number of benzene rings is 2. The van der Waals surface area contributed by atoms with E-state index in [9.17, 15) is 0 Å². The first kappa shape index (κ1) is 11.6. The van der Waals surface area contributed by atoms with Crippen LogP contribution in [-0.2, 0) is 13.0 Å². The molecule has 0 aliphatic carbocycles. The topological polar surface area (TPSA) is 24.1 Å². The van der Waals surface area contributed by atoms with Crippen LogP contribution in [0.3, 0.4) is 0 Å². The lowest BCUT2D eigenvalue weighted by atomic mass is 10.1. The van der Waals surface area contributed by atoms with Crippen molar-refractivity contribution in [3.63, 3.8) is 0 Å². The minimum atomic E-state index is 0.859. The number of hydrogen-bond acceptors (Lipinski definition) is 2. The molecule has 2 N–H and O–H groups in total. The van der Waals surface area contributed by atoms with Gasteiger partial charge in [-0.05, 0) is 41.8 Å². The fraction of sp³-hybridized carbons (Fsp3) is 0.200. The van der Waals surface area contributed by atoms with E-state index in [0.29, 0.717) is 0 Å². The largest absolute Gasteiger partial charge is 0.384 e. The number of nitrogens with one attached hydrogen (secondary N) is 2. The van der Waals surface area contributed by atoms with Crippen molar-refractivity contribution in [3.05, 3.63) is 58.1 Å². The van der Waals surface area contributed by atoms with Crippen molar-refractivity contribution < 1.29 is 0 Å². The summed E-state index contributed by atoms with van der Waals surface area (Å²) >= 11 is 3.44. The molecule has 18 heavy (non-hydrogen) atoms. The molecule has 0 radical (unpaired) electrons. The van der Waals surface area contributed by atoms with Gasteiger partial charge in [-0.25, -0.2) is 0 Å². The van der Waals surface area contributed by atoms with Crippen molar-refractivity contribution in [2.45, 2.75) is 13.0 Å². The van der Waals surface area contributed by atoms with Crippen molar-refractivity contribution in [2.24, 2.45) is 0 Å². The second-order valence-corrected chi connectivity index (χ2v) is 5.40. The Morgan fingerprint density at radius 3 is 2.78 bits per heavy atom. The third kappa shape index (κ3) is 2.36. The SMILES string of the molecule is Brc1ccc(NCc2cccc3c2NCC3)cc1. The van der Waals surface area contributed by atoms with Crippen LogP contribution in [-0.4, -0.2) is 6.54 Å². The van der Waals surface area contributed by atoms with E-state index in [2.05, 4.69) is 69.0 Å². The average molecular weight is 303 g/mol. The molecular weight excluding hydrogens is 288 g/mol. The van der Waals surface area contributed by atoms with Crippen molar-refractivity contribution in [1.29, 1.82) is 0 Å². The minimum Gasteiger partial charge on any atom is -0.384 e. The quantitative estimate of drug-likeness (QED) is 0.894. The van der Waals surface area contributed by atoms with Gasteiger partial charge < -0.3 is 10.6 Å². The molecule has 0 aromatic heterocycles. The molecule has 0 saturated carbocycles. The highest BCUT2D eigenvalue weighted by Gasteiger charge is 2.12. The van der Waals surface area contributed by atoms with Crippen molar-refractivity contribution in [1.82, 2.24) is 0 Å². The van der Waals surface area contributed by atoms with E-state index >= 15 is 0 Å². The number of halogens is 1. The molecule has 0 saturated heterocycles. The number of anilines is 2. The first-order chi connectivity index (χ1) is 8.83. The molecule has 0 fully saturated rings. The molecule has 0 bridgehead atoms. The summed E-state index contributed by atoms with van der Waals surface area (Å²) in [6.45, 7) is 1.92. The zero-order valence-corrected chi connectivity index (χ0v) is 11.6. The Morgan fingerprint density at radius 2 is 1.94 bits per heavy atom. The summed E-state index contributed by atoms with van der Waals surface area (Å²) in [7, 11) is 0. The van der Waals surface area contributed by atoms with Gasteiger partial charge in [0.05, 0.1) is 0 Å². The molecule has 3 rings (SSSR count). The smallest absolute Gasteiger partial charge is 0.0424 e. The van der Waals surface area contributed by atoms with E-state index in [1.54, 1.807) is 0 Å². The van der Waals surface area contributed by atoms with Crippen LogP contribution in [0.5, 0.6) is 0 Å². The van der Waals surface area contributed by atoms with Gasteiger partial charge in [-0.3, -0.25) is 0 Å². The fourth-order valence-electron chi connectivity index (χ4n) is 2.32. The zero-order valence-electron chi connectivity index (χ0n) is 10.0. The molecule has 2 aromatic rings. The first-order valence-corrected chi connectivity index (χ1v) is 6.96. The van der Waals surface area contributed by atoms with Gasteiger partial charge in [0, 0.05) is 28.9 Å². The minimum absolute atomic E-state index is 0.859. The number of rotatable bonds is 3. The fourth-order valence-corrected chi connectivity index (χ4v) is 2.59. The highest BCUT2D eigenvalue weighted by molar-refractivity contribution is 9.10. The van der Waals surface area contributed by atoms with Crippen LogP contribution in [0.2, 0.25) is 0 Å². The summed E-state index contributed by atoms with van der Waals surface area (Å²) in [5.41, 5.74) is 5.24. The van der Waals surface area contributed by atoms with Crippen molar-refractivity contribution in [3.8, 4) is 0 Å². The highest BCUT2D eigenvalue weighted by Crippen LogP contribution is 2.27. The van der Waals surface area contributed by atoms with Gasteiger partial charge in [-0.15, -0.1) is 0 Å². The molecule has 1 aliphatic rings. The zero-order chi connectivity index (χ0) is 12.4. The van der Waals surface area contributed by atoms with Crippen molar-refractivity contribution >= 4 is 27.3 Å². The third-order valence-corrected chi connectivity index (χ3v) is 3.79. The monoisotopic (exact) mass is 302 g/mol. The van der Waals surface area contributed by atoms with E-state index < -0.39 is 0 Å². The first-order valence-electron chi connectivity index (χ1n) is 6.17. The van der Waals surface area contributed by atoms with Crippen LogP contribution >= 0.6 is 15.9 Å². The lowest BCUT2D eigenvalue weighted by molar-refractivity contribution is 1.11. The lowest BCUT2D eigenvalue weighted by Crippen LogP contribution is -2.02. The molecule has 0 atom stereocenters. The Morgan fingerprint density at radius 1 is 1.11 bits per heavy atom. The lowest BCUT2D eigenvalue weighted by Gasteiger charge is -2.11. The second-order valence-electron chi connectivity index (χ2n) is 4.49. The molecule has 1 heterocycles. The van der Waals surface area contributed by atoms with E-state index in [0.717, 1.165) is 29.7 Å². The van der Waals surface area contributed by atoms with Crippen molar-refractivity contribution in [2.75, 3.05) is 17.2 Å². The highest BCUT2D eigenvalue weighted by atomic mass is 79.9.